The lowest BCUT2D eigenvalue weighted by Gasteiger charge is -2.23. The summed E-state index contributed by atoms with van der Waals surface area (Å²) in [5.74, 6) is 1.63. The van der Waals surface area contributed by atoms with Crippen molar-refractivity contribution in [1.82, 2.24) is 4.98 Å². The molecule has 0 aliphatic rings. The Kier molecular flexibility index (Phi) is 7.02. The van der Waals surface area contributed by atoms with Gasteiger partial charge in [-0.2, -0.15) is 0 Å². The minimum Gasteiger partial charge on any atom is -0.357 e. The summed E-state index contributed by atoms with van der Waals surface area (Å²) in [6, 6.07) is 4.09. The van der Waals surface area contributed by atoms with Crippen LogP contribution in [-0.2, 0) is 5.88 Å². The fraction of sp³-hybridized carbons (Fsp3) is 0.643. The first kappa shape index (κ1) is 14.3. The Hall–Kier alpha value is -0.760. The molecule has 0 radical (unpaired) electrons. The zero-order valence-corrected chi connectivity index (χ0v) is 11.7. The Morgan fingerprint density at radius 1 is 1.18 bits per heavy atom. The Morgan fingerprint density at radius 3 is 2.35 bits per heavy atom. The number of nitrogens with zero attached hydrogens (tertiary/aromatic N) is 2. The number of pyridine rings is 1. The van der Waals surface area contributed by atoms with E-state index < -0.39 is 0 Å². The molecule has 0 spiro atoms. The van der Waals surface area contributed by atoms with Gasteiger partial charge in [0.1, 0.15) is 5.82 Å². The minimum absolute atomic E-state index is 0.560. The number of hydrogen-bond acceptors (Lipinski definition) is 2. The molecule has 1 aromatic rings. The number of rotatable bonds is 8. The topological polar surface area (TPSA) is 16.1 Å². The molecule has 96 valence electrons. The second-order valence-electron chi connectivity index (χ2n) is 4.35. The summed E-state index contributed by atoms with van der Waals surface area (Å²) in [6.45, 7) is 6.63. The zero-order chi connectivity index (χ0) is 12.5. The maximum atomic E-state index is 5.87. The fourth-order valence-corrected chi connectivity index (χ4v) is 1.92. The van der Waals surface area contributed by atoms with Crippen LogP contribution in [0.1, 0.15) is 45.1 Å². The molecule has 0 aliphatic carbocycles. The number of anilines is 1. The van der Waals surface area contributed by atoms with Crippen LogP contribution in [0.5, 0.6) is 0 Å². The Morgan fingerprint density at radius 2 is 1.82 bits per heavy atom. The lowest BCUT2D eigenvalue weighted by atomic mass is 10.2. The van der Waals surface area contributed by atoms with Crippen LogP contribution in [0.3, 0.4) is 0 Å². The van der Waals surface area contributed by atoms with E-state index in [4.69, 9.17) is 11.6 Å². The standard InChI is InChI=1S/C14H23ClN2/c1-3-5-9-17(10-6-4-2)14-11-13(12-15)7-8-16-14/h7-8,11H,3-6,9-10,12H2,1-2H3. The first-order chi connectivity index (χ1) is 8.31. The van der Waals surface area contributed by atoms with E-state index in [1.54, 1.807) is 0 Å². The van der Waals surface area contributed by atoms with Crippen LogP contribution in [0.25, 0.3) is 0 Å². The van der Waals surface area contributed by atoms with Gasteiger partial charge in [-0.1, -0.05) is 26.7 Å². The Balaban J connectivity index is 2.71. The van der Waals surface area contributed by atoms with Crippen molar-refractivity contribution < 1.29 is 0 Å². The van der Waals surface area contributed by atoms with Gasteiger partial charge in [-0.3, -0.25) is 0 Å². The molecule has 0 aliphatic heterocycles. The maximum Gasteiger partial charge on any atom is 0.128 e. The highest BCUT2D eigenvalue weighted by Crippen LogP contribution is 2.15. The van der Waals surface area contributed by atoms with E-state index in [9.17, 15) is 0 Å². The lowest BCUT2D eigenvalue weighted by molar-refractivity contribution is 0.671. The molecule has 0 N–H and O–H groups in total. The van der Waals surface area contributed by atoms with Crippen LogP contribution >= 0.6 is 11.6 Å². The summed E-state index contributed by atoms with van der Waals surface area (Å²) in [5, 5.41) is 0. The highest BCUT2D eigenvalue weighted by atomic mass is 35.5. The van der Waals surface area contributed by atoms with Crippen molar-refractivity contribution in [3.8, 4) is 0 Å². The van der Waals surface area contributed by atoms with E-state index >= 15 is 0 Å². The molecule has 1 rings (SSSR count). The average molecular weight is 255 g/mol. The summed E-state index contributed by atoms with van der Waals surface area (Å²) in [5.41, 5.74) is 1.15. The largest absolute Gasteiger partial charge is 0.357 e. The molecule has 3 heteroatoms. The molecule has 1 aromatic heterocycles. The number of aromatic nitrogens is 1. The molecule has 0 saturated carbocycles. The molecule has 0 saturated heterocycles. The van der Waals surface area contributed by atoms with Crippen molar-refractivity contribution in [2.24, 2.45) is 0 Å². The quantitative estimate of drug-likeness (QED) is 0.646. The number of hydrogen-bond donors (Lipinski definition) is 0. The molecule has 0 bridgehead atoms. The van der Waals surface area contributed by atoms with Crippen molar-refractivity contribution in [2.45, 2.75) is 45.4 Å². The fourth-order valence-electron chi connectivity index (χ4n) is 1.76. The number of unbranched alkanes of at least 4 members (excludes halogenated alkanes) is 2. The summed E-state index contributed by atoms with van der Waals surface area (Å²) < 4.78 is 0. The van der Waals surface area contributed by atoms with Gasteiger partial charge in [-0.15, -0.1) is 11.6 Å². The van der Waals surface area contributed by atoms with Crippen LogP contribution in [0.15, 0.2) is 18.3 Å². The van der Waals surface area contributed by atoms with Gasteiger partial charge in [-0.25, -0.2) is 4.98 Å². The van der Waals surface area contributed by atoms with E-state index in [2.05, 4.69) is 29.8 Å². The third kappa shape index (κ3) is 4.95. The van der Waals surface area contributed by atoms with E-state index in [0.717, 1.165) is 24.5 Å². The van der Waals surface area contributed by atoms with Crippen LogP contribution in [-0.4, -0.2) is 18.1 Å². The van der Waals surface area contributed by atoms with Crippen molar-refractivity contribution in [3.05, 3.63) is 23.9 Å². The first-order valence-electron chi connectivity index (χ1n) is 6.57. The van der Waals surface area contributed by atoms with Crippen LogP contribution in [0.2, 0.25) is 0 Å². The van der Waals surface area contributed by atoms with Gasteiger partial charge >= 0.3 is 0 Å². The van der Waals surface area contributed by atoms with Crippen LogP contribution in [0.4, 0.5) is 5.82 Å². The van der Waals surface area contributed by atoms with E-state index in [1.807, 2.05) is 12.3 Å². The molecular formula is C14H23ClN2. The summed E-state index contributed by atoms with van der Waals surface area (Å²) >= 11 is 5.87. The predicted octanol–water partition coefficient (Wildman–Crippen LogP) is 4.23. The highest BCUT2D eigenvalue weighted by molar-refractivity contribution is 6.17. The summed E-state index contributed by atoms with van der Waals surface area (Å²) in [6.07, 6.45) is 6.74. The monoisotopic (exact) mass is 254 g/mol. The summed E-state index contributed by atoms with van der Waals surface area (Å²) in [4.78, 5) is 6.84. The number of alkyl halides is 1. The number of halogens is 1. The normalized spacial score (nSPS) is 10.5. The van der Waals surface area contributed by atoms with Crippen molar-refractivity contribution in [1.29, 1.82) is 0 Å². The van der Waals surface area contributed by atoms with Gasteiger partial charge in [0.2, 0.25) is 0 Å². The van der Waals surface area contributed by atoms with Gasteiger partial charge in [0, 0.05) is 25.2 Å². The average Bonchev–Trinajstić information content (AvgIpc) is 2.39. The molecule has 17 heavy (non-hydrogen) atoms. The third-order valence-corrected chi connectivity index (χ3v) is 3.16. The maximum absolute atomic E-state index is 5.87. The molecule has 0 aromatic carbocycles. The van der Waals surface area contributed by atoms with Gasteiger partial charge in [0.25, 0.3) is 0 Å². The molecule has 1 heterocycles. The SMILES string of the molecule is CCCCN(CCCC)c1cc(CCl)ccn1. The van der Waals surface area contributed by atoms with Crippen LogP contribution < -0.4 is 4.90 Å². The highest BCUT2D eigenvalue weighted by Gasteiger charge is 2.07. The first-order valence-corrected chi connectivity index (χ1v) is 7.11. The van der Waals surface area contributed by atoms with Gasteiger partial charge < -0.3 is 4.90 Å². The lowest BCUT2D eigenvalue weighted by Crippen LogP contribution is -2.26. The van der Waals surface area contributed by atoms with E-state index in [1.165, 1.54) is 25.7 Å². The van der Waals surface area contributed by atoms with Gasteiger partial charge in [0.15, 0.2) is 0 Å². The molecule has 0 unspecified atom stereocenters. The minimum atomic E-state index is 0.560. The second kappa shape index (κ2) is 8.35. The van der Waals surface area contributed by atoms with E-state index in [0.29, 0.717) is 5.88 Å². The molecule has 0 atom stereocenters. The zero-order valence-electron chi connectivity index (χ0n) is 11.0. The molecule has 0 amide bonds. The van der Waals surface area contributed by atoms with Crippen LogP contribution in [0, 0.1) is 0 Å². The Labute approximate surface area is 110 Å². The van der Waals surface area contributed by atoms with E-state index in [-0.39, 0.29) is 0 Å². The van der Waals surface area contributed by atoms with Crippen molar-refractivity contribution in [2.75, 3.05) is 18.0 Å². The summed E-state index contributed by atoms with van der Waals surface area (Å²) in [7, 11) is 0. The van der Waals surface area contributed by atoms with Gasteiger partial charge in [-0.05, 0) is 30.5 Å². The molecule has 0 fully saturated rings. The van der Waals surface area contributed by atoms with Crippen molar-refractivity contribution >= 4 is 17.4 Å². The molecule has 2 nitrogen and oxygen atoms in total. The predicted molar refractivity (Wildman–Crippen MR) is 75.8 cm³/mol. The van der Waals surface area contributed by atoms with Gasteiger partial charge in [0.05, 0.1) is 0 Å². The smallest absolute Gasteiger partial charge is 0.128 e. The molecular weight excluding hydrogens is 232 g/mol. The van der Waals surface area contributed by atoms with Crippen molar-refractivity contribution in [3.63, 3.8) is 0 Å². The Bertz CT molecular complexity index is 307. The second-order valence-corrected chi connectivity index (χ2v) is 4.62. The third-order valence-electron chi connectivity index (χ3n) is 2.85.